The molecule has 19 heavy (non-hydrogen) atoms. The number of benzene rings is 1. The Balaban J connectivity index is 2.61. The molecule has 0 aliphatic rings. The van der Waals surface area contributed by atoms with Gasteiger partial charge in [-0.05, 0) is 26.0 Å². The van der Waals surface area contributed by atoms with Crippen LogP contribution in [0.2, 0.25) is 0 Å². The van der Waals surface area contributed by atoms with E-state index in [0.29, 0.717) is 13.2 Å². The first-order valence-electron chi connectivity index (χ1n) is 6.73. The number of rotatable bonds is 8. The summed E-state index contributed by atoms with van der Waals surface area (Å²) in [4.78, 5) is 0. The molecule has 1 atom stereocenters. The number of nitrogens with one attached hydrogen (secondary N) is 1. The number of hydrogen-bond donors (Lipinski definition) is 2. The molecule has 4 heteroatoms. The van der Waals surface area contributed by atoms with Gasteiger partial charge in [-0.1, -0.05) is 19.9 Å². The summed E-state index contributed by atoms with van der Waals surface area (Å²) < 4.78 is 11.2. The number of aliphatic hydroxyl groups is 1. The Labute approximate surface area is 115 Å². The SMILES string of the molecule is CCOc1cccc(OCC(C)(CO)NC(C)C)c1. The van der Waals surface area contributed by atoms with Gasteiger partial charge in [0, 0.05) is 12.1 Å². The molecular formula is C15H25NO3. The van der Waals surface area contributed by atoms with Crippen molar-refractivity contribution in [3.8, 4) is 11.5 Å². The molecule has 4 nitrogen and oxygen atoms in total. The average Bonchev–Trinajstić information content (AvgIpc) is 2.37. The van der Waals surface area contributed by atoms with Crippen molar-refractivity contribution >= 4 is 0 Å². The predicted octanol–water partition coefficient (Wildman–Crippen LogP) is 2.21. The second kappa shape index (κ2) is 7.36. The molecule has 0 aliphatic heterocycles. The van der Waals surface area contributed by atoms with Crippen LogP contribution in [-0.4, -0.2) is 36.5 Å². The summed E-state index contributed by atoms with van der Waals surface area (Å²) in [7, 11) is 0. The van der Waals surface area contributed by atoms with Gasteiger partial charge < -0.3 is 19.9 Å². The molecule has 0 heterocycles. The van der Waals surface area contributed by atoms with Crippen LogP contribution in [0.25, 0.3) is 0 Å². The maximum absolute atomic E-state index is 9.48. The van der Waals surface area contributed by atoms with E-state index in [0.717, 1.165) is 11.5 Å². The number of hydrogen-bond acceptors (Lipinski definition) is 4. The van der Waals surface area contributed by atoms with Gasteiger partial charge in [-0.2, -0.15) is 0 Å². The summed E-state index contributed by atoms with van der Waals surface area (Å²) in [6, 6.07) is 7.82. The van der Waals surface area contributed by atoms with Crippen molar-refractivity contribution in [3.63, 3.8) is 0 Å². The first-order valence-corrected chi connectivity index (χ1v) is 6.73. The van der Waals surface area contributed by atoms with Crippen molar-refractivity contribution in [2.45, 2.75) is 39.3 Å². The summed E-state index contributed by atoms with van der Waals surface area (Å²) in [5, 5.41) is 12.8. The van der Waals surface area contributed by atoms with Gasteiger partial charge in [0.25, 0.3) is 0 Å². The smallest absolute Gasteiger partial charge is 0.123 e. The van der Waals surface area contributed by atoms with Crippen LogP contribution in [0.4, 0.5) is 0 Å². The molecule has 0 saturated heterocycles. The molecule has 0 aliphatic carbocycles. The zero-order valence-corrected chi connectivity index (χ0v) is 12.3. The van der Waals surface area contributed by atoms with E-state index in [4.69, 9.17) is 9.47 Å². The highest BCUT2D eigenvalue weighted by Gasteiger charge is 2.24. The summed E-state index contributed by atoms with van der Waals surface area (Å²) in [5.41, 5.74) is -0.449. The lowest BCUT2D eigenvalue weighted by atomic mass is 10.0. The zero-order valence-electron chi connectivity index (χ0n) is 12.3. The molecule has 0 aromatic heterocycles. The summed E-state index contributed by atoms with van der Waals surface area (Å²) in [6.45, 7) is 9.04. The lowest BCUT2D eigenvalue weighted by molar-refractivity contribution is 0.108. The minimum Gasteiger partial charge on any atom is -0.494 e. The van der Waals surface area contributed by atoms with E-state index in [1.165, 1.54) is 0 Å². The highest BCUT2D eigenvalue weighted by Crippen LogP contribution is 2.20. The lowest BCUT2D eigenvalue weighted by Gasteiger charge is -2.30. The largest absolute Gasteiger partial charge is 0.494 e. The number of ether oxygens (including phenoxy) is 2. The Morgan fingerprint density at radius 2 is 1.89 bits per heavy atom. The molecule has 2 N–H and O–H groups in total. The molecule has 0 fully saturated rings. The van der Waals surface area contributed by atoms with Crippen LogP contribution in [0.15, 0.2) is 24.3 Å². The van der Waals surface area contributed by atoms with Crippen LogP contribution in [0.5, 0.6) is 11.5 Å². The van der Waals surface area contributed by atoms with Gasteiger partial charge in [0.2, 0.25) is 0 Å². The van der Waals surface area contributed by atoms with Crippen LogP contribution in [0.1, 0.15) is 27.7 Å². The summed E-state index contributed by atoms with van der Waals surface area (Å²) in [6.07, 6.45) is 0. The van der Waals surface area contributed by atoms with Gasteiger partial charge >= 0.3 is 0 Å². The van der Waals surface area contributed by atoms with Gasteiger partial charge in [0.1, 0.15) is 18.1 Å². The van der Waals surface area contributed by atoms with Crippen LogP contribution >= 0.6 is 0 Å². The third kappa shape index (κ3) is 5.49. The van der Waals surface area contributed by atoms with Gasteiger partial charge in [-0.3, -0.25) is 0 Å². The molecule has 0 saturated carbocycles. The summed E-state index contributed by atoms with van der Waals surface area (Å²) >= 11 is 0. The molecule has 1 rings (SSSR count). The van der Waals surface area contributed by atoms with E-state index in [1.807, 2.05) is 52.0 Å². The molecule has 0 amide bonds. The lowest BCUT2D eigenvalue weighted by Crippen LogP contribution is -2.53. The van der Waals surface area contributed by atoms with Gasteiger partial charge in [-0.25, -0.2) is 0 Å². The van der Waals surface area contributed by atoms with Crippen molar-refractivity contribution in [3.05, 3.63) is 24.3 Å². The van der Waals surface area contributed by atoms with Crippen molar-refractivity contribution < 1.29 is 14.6 Å². The first-order chi connectivity index (χ1) is 8.99. The Kier molecular flexibility index (Phi) is 6.12. The van der Waals surface area contributed by atoms with Crippen LogP contribution in [-0.2, 0) is 0 Å². The van der Waals surface area contributed by atoms with Gasteiger partial charge in [0.15, 0.2) is 0 Å². The Hall–Kier alpha value is -1.26. The normalized spacial score (nSPS) is 14.2. The van der Waals surface area contributed by atoms with E-state index in [-0.39, 0.29) is 12.6 Å². The van der Waals surface area contributed by atoms with Crippen LogP contribution in [0.3, 0.4) is 0 Å². The van der Waals surface area contributed by atoms with E-state index in [2.05, 4.69) is 5.32 Å². The van der Waals surface area contributed by atoms with Crippen molar-refractivity contribution in [1.82, 2.24) is 5.32 Å². The molecule has 1 aromatic rings. The highest BCUT2D eigenvalue weighted by atomic mass is 16.5. The number of aliphatic hydroxyl groups excluding tert-OH is 1. The van der Waals surface area contributed by atoms with E-state index in [9.17, 15) is 5.11 Å². The van der Waals surface area contributed by atoms with E-state index in [1.54, 1.807) is 0 Å². The molecule has 0 spiro atoms. The standard InChI is InChI=1S/C15H25NO3/c1-5-18-13-7-6-8-14(9-13)19-11-15(4,10-17)16-12(2)3/h6-9,12,16-17H,5,10-11H2,1-4H3. The monoisotopic (exact) mass is 267 g/mol. The molecule has 0 radical (unpaired) electrons. The maximum atomic E-state index is 9.48. The predicted molar refractivity (Wildman–Crippen MR) is 76.9 cm³/mol. The highest BCUT2D eigenvalue weighted by molar-refractivity contribution is 5.33. The topological polar surface area (TPSA) is 50.7 Å². The minimum absolute atomic E-state index is 0.0241. The molecule has 108 valence electrons. The maximum Gasteiger partial charge on any atom is 0.123 e. The van der Waals surface area contributed by atoms with Gasteiger partial charge in [-0.15, -0.1) is 0 Å². The van der Waals surface area contributed by atoms with E-state index >= 15 is 0 Å². The molecule has 0 bridgehead atoms. The Bertz CT molecular complexity index is 381. The van der Waals surface area contributed by atoms with Crippen molar-refractivity contribution in [2.75, 3.05) is 19.8 Å². The second-order valence-corrected chi connectivity index (χ2v) is 5.21. The first kappa shape index (κ1) is 15.8. The average molecular weight is 267 g/mol. The minimum atomic E-state index is -0.449. The van der Waals surface area contributed by atoms with Crippen LogP contribution < -0.4 is 14.8 Å². The fourth-order valence-corrected chi connectivity index (χ4v) is 1.89. The van der Waals surface area contributed by atoms with Crippen LogP contribution in [0, 0.1) is 0 Å². The Morgan fingerprint density at radius 3 is 2.42 bits per heavy atom. The quantitative estimate of drug-likeness (QED) is 0.758. The third-order valence-electron chi connectivity index (χ3n) is 2.66. The fourth-order valence-electron chi connectivity index (χ4n) is 1.89. The van der Waals surface area contributed by atoms with E-state index < -0.39 is 5.54 Å². The zero-order chi connectivity index (χ0) is 14.3. The van der Waals surface area contributed by atoms with Crippen molar-refractivity contribution in [2.24, 2.45) is 0 Å². The second-order valence-electron chi connectivity index (χ2n) is 5.21. The van der Waals surface area contributed by atoms with Gasteiger partial charge in [0.05, 0.1) is 18.8 Å². The summed E-state index contributed by atoms with van der Waals surface area (Å²) in [5.74, 6) is 1.54. The molecule has 1 aromatic carbocycles. The Morgan fingerprint density at radius 1 is 1.26 bits per heavy atom. The molecular weight excluding hydrogens is 242 g/mol. The third-order valence-corrected chi connectivity index (χ3v) is 2.66. The van der Waals surface area contributed by atoms with Crippen molar-refractivity contribution in [1.29, 1.82) is 0 Å². The fraction of sp³-hybridized carbons (Fsp3) is 0.600. The molecule has 1 unspecified atom stereocenters.